The molecule has 0 spiro atoms. The largest absolute Gasteiger partial charge is 0.497 e. The van der Waals surface area contributed by atoms with Gasteiger partial charge in [-0.25, -0.2) is 0 Å². The van der Waals surface area contributed by atoms with E-state index < -0.39 is 0 Å². The van der Waals surface area contributed by atoms with Gasteiger partial charge in [-0.2, -0.15) is 4.98 Å². The van der Waals surface area contributed by atoms with E-state index in [9.17, 15) is 0 Å². The molecule has 2 aromatic heterocycles. The fourth-order valence-corrected chi connectivity index (χ4v) is 4.26. The lowest BCUT2D eigenvalue weighted by atomic mass is 10.2. The summed E-state index contributed by atoms with van der Waals surface area (Å²) in [6, 6.07) is 11.7. The van der Waals surface area contributed by atoms with Crippen molar-refractivity contribution in [1.82, 2.24) is 19.9 Å². The van der Waals surface area contributed by atoms with Crippen LogP contribution in [0.15, 0.2) is 40.9 Å². The summed E-state index contributed by atoms with van der Waals surface area (Å²) in [5.74, 6) is 2.07. The maximum Gasteiger partial charge on any atom is 0.241 e. The molecule has 142 valence electrons. The number of methoxy groups -OCH3 is 1. The van der Waals surface area contributed by atoms with Crippen LogP contribution in [0.3, 0.4) is 0 Å². The third kappa shape index (κ3) is 4.68. The smallest absolute Gasteiger partial charge is 0.241 e. The van der Waals surface area contributed by atoms with E-state index in [1.807, 2.05) is 30.3 Å². The summed E-state index contributed by atoms with van der Waals surface area (Å²) in [6.45, 7) is 5.66. The highest BCUT2D eigenvalue weighted by Gasteiger charge is 2.20. The molecule has 0 aliphatic carbocycles. The van der Waals surface area contributed by atoms with E-state index in [-0.39, 0.29) is 0 Å². The third-order valence-corrected chi connectivity index (χ3v) is 5.86. The molecule has 4 rings (SSSR count). The molecule has 0 amide bonds. The lowest BCUT2D eigenvalue weighted by molar-refractivity contribution is 0.113. The molecule has 0 bridgehead atoms. The highest BCUT2D eigenvalue weighted by Crippen LogP contribution is 2.23. The molecule has 0 unspecified atom stereocenters. The number of nitrogens with zero attached hydrogens (tertiary/aromatic N) is 4. The van der Waals surface area contributed by atoms with Gasteiger partial charge in [-0.15, -0.1) is 11.3 Å². The van der Waals surface area contributed by atoms with Gasteiger partial charge in [0.05, 0.1) is 18.0 Å². The van der Waals surface area contributed by atoms with E-state index in [0.717, 1.165) is 48.4 Å². The molecule has 3 aromatic rings. The summed E-state index contributed by atoms with van der Waals surface area (Å²) in [7, 11) is 1.65. The third-order valence-electron chi connectivity index (χ3n) is 4.65. The van der Waals surface area contributed by atoms with Crippen molar-refractivity contribution in [2.75, 3.05) is 33.3 Å². The van der Waals surface area contributed by atoms with Crippen LogP contribution < -0.4 is 4.74 Å². The van der Waals surface area contributed by atoms with Crippen LogP contribution in [0.1, 0.15) is 10.8 Å². The highest BCUT2D eigenvalue weighted by atomic mass is 35.5. The molecule has 0 atom stereocenters. The van der Waals surface area contributed by atoms with Gasteiger partial charge in [0.15, 0.2) is 0 Å². The molecule has 1 saturated heterocycles. The number of benzene rings is 1. The Morgan fingerprint density at radius 3 is 2.37 bits per heavy atom. The average Bonchev–Trinajstić information content (AvgIpc) is 3.32. The zero-order chi connectivity index (χ0) is 18.6. The Morgan fingerprint density at radius 1 is 1.04 bits per heavy atom. The predicted octanol–water partition coefficient (Wildman–Crippen LogP) is 3.78. The summed E-state index contributed by atoms with van der Waals surface area (Å²) in [5.41, 5.74) is 0.922. The van der Waals surface area contributed by atoms with Crippen LogP contribution in [-0.2, 0) is 13.1 Å². The molecule has 0 radical (unpaired) electrons. The number of piperazine rings is 1. The first-order valence-corrected chi connectivity index (χ1v) is 10.0. The van der Waals surface area contributed by atoms with Crippen molar-refractivity contribution in [3.63, 3.8) is 0 Å². The number of thiophene rings is 1. The fraction of sp³-hybridized carbons (Fsp3) is 0.368. The number of aromatic nitrogens is 2. The Morgan fingerprint density at radius 2 is 1.74 bits per heavy atom. The highest BCUT2D eigenvalue weighted by molar-refractivity contribution is 7.16. The lowest BCUT2D eigenvalue weighted by Crippen LogP contribution is -2.45. The van der Waals surface area contributed by atoms with Gasteiger partial charge in [0.25, 0.3) is 0 Å². The molecule has 3 heterocycles. The second kappa shape index (κ2) is 8.39. The molecule has 0 N–H and O–H groups in total. The SMILES string of the molecule is COc1ccc(-c2noc(CN3CCN(Cc4ccc(Cl)s4)CC3)n2)cc1. The van der Waals surface area contributed by atoms with E-state index >= 15 is 0 Å². The molecular formula is C19H21ClN4O2S. The van der Waals surface area contributed by atoms with Crippen molar-refractivity contribution in [3.05, 3.63) is 51.5 Å². The maximum absolute atomic E-state index is 6.02. The Hall–Kier alpha value is -1.93. The van der Waals surface area contributed by atoms with Gasteiger partial charge in [-0.05, 0) is 36.4 Å². The van der Waals surface area contributed by atoms with Crippen molar-refractivity contribution in [2.45, 2.75) is 13.1 Å². The minimum atomic E-state index is 0.612. The molecule has 27 heavy (non-hydrogen) atoms. The molecule has 6 nitrogen and oxygen atoms in total. The second-order valence-electron chi connectivity index (χ2n) is 6.50. The second-order valence-corrected chi connectivity index (χ2v) is 8.30. The van der Waals surface area contributed by atoms with Crippen molar-refractivity contribution in [3.8, 4) is 17.1 Å². The van der Waals surface area contributed by atoms with Crippen molar-refractivity contribution in [1.29, 1.82) is 0 Å². The summed E-state index contributed by atoms with van der Waals surface area (Å²) in [4.78, 5) is 10.7. The lowest BCUT2D eigenvalue weighted by Gasteiger charge is -2.33. The van der Waals surface area contributed by atoms with Crippen LogP contribution in [0, 0.1) is 0 Å². The summed E-state index contributed by atoms with van der Waals surface area (Å²) in [5, 5.41) is 4.11. The van der Waals surface area contributed by atoms with Gasteiger partial charge in [-0.3, -0.25) is 9.80 Å². The van der Waals surface area contributed by atoms with E-state index in [1.54, 1.807) is 18.4 Å². The molecule has 1 aliphatic heterocycles. The minimum absolute atomic E-state index is 0.612. The van der Waals surface area contributed by atoms with Gasteiger partial charge in [0.1, 0.15) is 5.75 Å². The monoisotopic (exact) mass is 404 g/mol. The van der Waals surface area contributed by atoms with Crippen LogP contribution in [0.5, 0.6) is 5.75 Å². The molecule has 1 fully saturated rings. The Kier molecular flexibility index (Phi) is 5.73. The first-order valence-electron chi connectivity index (χ1n) is 8.85. The number of hydrogen-bond acceptors (Lipinski definition) is 7. The molecule has 1 aliphatic rings. The fourth-order valence-electron chi connectivity index (χ4n) is 3.13. The molecule has 8 heteroatoms. The predicted molar refractivity (Wildman–Crippen MR) is 106 cm³/mol. The van der Waals surface area contributed by atoms with Crippen LogP contribution in [-0.4, -0.2) is 53.2 Å². The van der Waals surface area contributed by atoms with Gasteiger partial charge in [-0.1, -0.05) is 16.8 Å². The van der Waals surface area contributed by atoms with Crippen LogP contribution in [0.2, 0.25) is 4.34 Å². The van der Waals surface area contributed by atoms with E-state index in [0.29, 0.717) is 18.3 Å². The summed E-state index contributed by atoms with van der Waals surface area (Å²) >= 11 is 7.67. The first-order chi connectivity index (χ1) is 13.2. The average molecular weight is 405 g/mol. The van der Waals surface area contributed by atoms with Crippen LogP contribution in [0.4, 0.5) is 0 Å². The van der Waals surface area contributed by atoms with Crippen LogP contribution in [0.25, 0.3) is 11.4 Å². The quantitative estimate of drug-likeness (QED) is 0.623. The summed E-state index contributed by atoms with van der Waals surface area (Å²) < 4.78 is 11.5. The Labute approximate surface area is 167 Å². The number of rotatable bonds is 6. The van der Waals surface area contributed by atoms with Crippen molar-refractivity contribution < 1.29 is 9.26 Å². The van der Waals surface area contributed by atoms with Gasteiger partial charge in [0.2, 0.25) is 11.7 Å². The standard InChI is InChI=1S/C19H21ClN4O2S/c1-25-15-4-2-14(3-5-15)19-21-18(26-22-19)13-24-10-8-23(9-11-24)12-16-6-7-17(20)27-16/h2-7H,8-13H2,1H3. The van der Waals surface area contributed by atoms with Crippen molar-refractivity contribution in [2.24, 2.45) is 0 Å². The molecule has 1 aromatic carbocycles. The summed E-state index contributed by atoms with van der Waals surface area (Å²) in [6.07, 6.45) is 0. The van der Waals surface area contributed by atoms with Gasteiger partial charge < -0.3 is 9.26 Å². The van der Waals surface area contributed by atoms with Gasteiger partial charge >= 0.3 is 0 Å². The zero-order valence-electron chi connectivity index (χ0n) is 15.1. The number of halogens is 1. The van der Waals surface area contributed by atoms with Gasteiger partial charge in [0, 0.05) is 43.2 Å². The molecule has 0 saturated carbocycles. The first kappa shape index (κ1) is 18.4. The number of ether oxygens (including phenoxy) is 1. The van der Waals surface area contributed by atoms with E-state index in [2.05, 4.69) is 26.0 Å². The Balaban J connectivity index is 1.29. The maximum atomic E-state index is 6.02. The van der Waals surface area contributed by atoms with Crippen molar-refractivity contribution >= 4 is 22.9 Å². The van der Waals surface area contributed by atoms with Crippen LogP contribution >= 0.6 is 22.9 Å². The zero-order valence-corrected chi connectivity index (χ0v) is 16.7. The van der Waals surface area contributed by atoms with E-state index in [1.165, 1.54) is 4.88 Å². The van der Waals surface area contributed by atoms with E-state index in [4.69, 9.17) is 20.9 Å². The Bertz CT molecular complexity index is 872. The number of hydrogen-bond donors (Lipinski definition) is 0. The molecular weight excluding hydrogens is 384 g/mol. The minimum Gasteiger partial charge on any atom is -0.497 e. The normalized spacial score (nSPS) is 15.9. The topological polar surface area (TPSA) is 54.6 Å².